The van der Waals surface area contributed by atoms with Crippen molar-refractivity contribution in [2.75, 3.05) is 11.9 Å². The quantitative estimate of drug-likeness (QED) is 0.560. The second kappa shape index (κ2) is 8.26. The smallest absolute Gasteiger partial charge is 0.310 e. The number of amides is 1. The number of hydrogen-bond acceptors (Lipinski definition) is 3. The van der Waals surface area contributed by atoms with Gasteiger partial charge in [0, 0.05) is 19.8 Å². The SMILES string of the molecule is O=C(COC(=O)Cc1c(F)cccc1Cl)Nc1ccc(I)cc1. The summed E-state index contributed by atoms with van der Waals surface area (Å²) in [6, 6.07) is 11.3. The van der Waals surface area contributed by atoms with Crippen LogP contribution in [0.25, 0.3) is 0 Å². The summed E-state index contributed by atoms with van der Waals surface area (Å²) in [4.78, 5) is 23.4. The Kier molecular flexibility index (Phi) is 6.35. The molecule has 0 spiro atoms. The largest absolute Gasteiger partial charge is 0.455 e. The first-order chi connectivity index (χ1) is 11.0. The minimum Gasteiger partial charge on any atom is -0.455 e. The van der Waals surface area contributed by atoms with Crippen molar-refractivity contribution in [1.29, 1.82) is 0 Å². The number of nitrogens with one attached hydrogen (secondary N) is 1. The topological polar surface area (TPSA) is 55.4 Å². The first kappa shape index (κ1) is 17.7. The third-order valence-electron chi connectivity index (χ3n) is 2.88. The number of halogens is 3. The van der Waals surface area contributed by atoms with Crippen molar-refractivity contribution in [2.45, 2.75) is 6.42 Å². The molecular formula is C16H12ClFINO3. The van der Waals surface area contributed by atoms with E-state index in [1.165, 1.54) is 18.2 Å². The van der Waals surface area contributed by atoms with Gasteiger partial charge < -0.3 is 10.1 Å². The maximum atomic E-state index is 13.6. The summed E-state index contributed by atoms with van der Waals surface area (Å²) in [6.45, 7) is -0.448. The third kappa shape index (κ3) is 5.47. The van der Waals surface area contributed by atoms with E-state index in [2.05, 4.69) is 27.9 Å². The van der Waals surface area contributed by atoms with Crippen molar-refractivity contribution in [1.82, 2.24) is 0 Å². The van der Waals surface area contributed by atoms with Crippen molar-refractivity contribution in [3.05, 3.63) is 62.4 Å². The van der Waals surface area contributed by atoms with Crippen LogP contribution in [0.5, 0.6) is 0 Å². The number of carbonyl (C=O) groups is 2. The summed E-state index contributed by atoms with van der Waals surface area (Å²) >= 11 is 7.98. The highest BCUT2D eigenvalue weighted by Crippen LogP contribution is 2.19. The Morgan fingerprint density at radius 1 is 1.17 bits per heavy atom. The van der Waals surface area contributed by atoms with E-state index in [-0.39, 0.29) is 17.0 Å². The van der Waals surface area contributed by atoms with Crippen LogP contribution in [0.1, 0.15) is 5.56 Å². The Morgan fingerprint density at radius 3 is 2.52 bits per heavy atom. The highest BCUT2D eigenvalue weighted by Gasteiger charge is 2.14. The van der Waals surface area contributed by atoms with Gasteiger partial charge in [-0.2, -0.15) is 0 Å². The fourth-order valence-corrected chi connectivity index (χ4v) is 2.36. The van der Waals surface area contributed by atoms with Gasteiger partial charge in [-0.15, -0.1) is 0 Å². The molecule has 0 heterocycles. The number of ether oxygens (including phenoxy) is 1. The number of hydrogen-bond donors (Lipinski definition) is 1. The molecule has 0 aliphatic carbocycles. The molecule has 0 aromatic heterocycles. The minimum atomic E-state index is -0.727. The summed E-state index contributed by atoms with van der Waals surface area (Å²) in [5.74, 6) is -1.79. The van der Waals surface area contributed by atoms with Gasteiger partial charge in [0.1, 0.15) is 5.82 Å². The van der Waals surface area contributed by atoms with Gasteiger partial charge >= 0.3 is 5.97 Å². The molecule has 0 aliphatic heterocycles. The fraction of sp³-hybridized carbons (Fsp3) is 0.125. The molecule has 0 bridgehead atoms. The monoisotopic (exact) mass is 447 g/mol. The first-order valence-electron chi connectivity index (χ1n) is 6.59. The van der Waals surface area contributed by atoms with Gasteiger partial charge in [-0.05, 0) is 59.0 Å². The normalized spacial score (nSPS) is 10.2. The van der Waals surface area contributed by atoms with E-state index >= 15 is 0 Å². The van der Waals surface area contributed by atoms with E-state index in [4.69, 9.17) is 16.3 Å². The molecule has 1 amide bonds. The molecule has 7 heteroatoms. The van der Waals surface area contributed by atoms with Crippen LogP contribution in [-0.2, 0) is 20.7 Å². The molecule has 0 fully saturated rings. The zero-order valence-corrected chi connectivity index (χ0v) is 14.7. The molecule has 0 saturated carbocycles. The molecule has 1 N–H and O–H groups in total. The van der Waals surface area contributed by atoms with E-state index in [0.29, 0.717) is 5.69 Å². The number of esters is 1. The Balaban J connectivity index is 1.84. The van der Waals surface area contributed by atoms with Crippen molar-refractivity contribution >= 4 is 51.8 Å². The molecule has 23 heavy (non-hydrogen) atoms. The molecule has 0 radical (unpaired) electrons. The lowest BCUT2D eigenvalue weighted by Gasteiger charge is -2.08. The fourth-order valence-electron chi connectivity index (χ4n) is 1.77. The second-order valence-corrected chi connectivity index (χ2v) is 6.25. The lowest BCUT2D eigenvalue weighted by atomic mass is 10.1. The van der Waals surface area contributed by atoms with Crippen LogP contribution in [0, 0.1) is 9.39 Å². The van der Waals surface area contributed by atoms with Crippen molar-refractivity contribution in [2.24, 2.45) is 0 Å². The average Bonchev–Trinajstić information content (AvgIpc) is 2.51. The molecule has 0 unspecified atom stereocenters. The predicted octanol–water partition coefficient (Wildman–Crippen LogP) is 3.81. The van der Waals surface area contributed by atoms with Gasteiger partial charge in [-0.1, -0.05) is 17.7 Å². The van der Waals surface area contributed by atoms with Crippen LogP contribution < -0.4 is 5.32 Å². The number of anilines is 1. The van der Waals surface area contributed by atoms with Crippen molar-refractivity contribution < 1.29 is 18.7 Å². The molecule has 2 aromatic rings. The van der Waals surface area contributed by atoms with Gasteiger partial charge in [0.2, 0.25) is 0 Å². The molecule has 2 rings (SSSR count). The van der Waals surface area contributed by atoms with E-state index in [9.17, 15) is 14.0 Å². The van der Waals surface area contributed by atoms with Gasteiger partial charge in [0.25, 0.3) is 5.91 Å². The Morgan fingerprint density at radius 2 is 1.87 bits per heavy atom. The summed E-state index contributed by atoms with van der Waals surface area (Å²) in [6.07, 6.45) is -0.331. The Labute approximate surface area is 151 Å². The number of benzene rings is 2. The van der Waals surface area contributed by atoms with Crippen molar-refractivity contribution in [3.8, 4) is 0 Å². The predicted molar refractivity (Wildman–Crippen MR) is 93.9 cm³/mol. The van der Waals surface area contributed by atoms with Gasteiger partial charge in [-0.25, -0.2) is 4.39 Å². The molecular weight excluding hydrogens is 436 g/mol. The standard InChI is InChI=1S/C16H12ClFINO3/c17-13-2-1-3-14(18)12(13)8-16(22)23-9-15(21)20-11-6-4-10(19)5-7-11/h1-7H,8-9H2,(H,20,21). The molecule has 0 atom stereocenters. The molecule has 0 saturated heterocycles. The van der Waals surface area contributed by atoms with Crippen LogP contribution in [-0.4, -0.2) is 18.5 Å². The van der Waals surface area contributed by atoms with Crippen LogP contribution in [0.4, 0.5) is 10.1 Å². The zero-order chi connectivity index (χ0) is 16.8. The van der Waals surface area contributed by atoms with Crippen LogP contribution in [0.2, 0.25) is 5.02 Å². The van der Waals surface area contributed by atoms with E-state index in [1.807, 2.05) is 12.1 Å². The average molecular weight is 448 g/mol. The van der Waals surface area contributed by atoms with Crippen LogP contribution in [0.15, 0.2) is 42.5 Å². The van der Waals surface area contributed by atoms with Gasteiger partial charge in [0.05, 0.1) is 6.42 Å². The van der Waals surface area contributed by atoms with E-state index in [1.54, 1.807) is 12.1 Å². The van der Waals surface area contributed by atoms with Crippen LogP contribution in [0.3, 0.4) is 0 Å². The van der Waals surface area contributed by atoms with E-state index in [0.717, 1.165) is 3.57 Å². The van der Waals surface area contributed by atoms with Gasteiger partial charge in [-0.3, -0.25) is 9.59 Å². The lowest BCUT2D eigenvalue weighted by molar-refractivity contribution is -0.146. The summed E-state index contributed by atoms with van der Waals surface area (Å²) < 4.78 is 19.4. The maximum absolute atomic E-state index is 13.6. The molecule has 120 valence electrons. The summed E-state index contributed by atoms with van der Waals surface area (Å²) in [5.41, 5.74) is 0.654. The van der Waals surface area contributed by atoms with E-state index < -0.39 is 24.3 Å². The molecule has 0 aliphatic rings. The number of rotatable bonds is 5. The molecule has 2 aromatic carbocycles. The van der Waals surface area contributed by atoms with Gasteiger partial charge in [0.15, 0.2) is 6.61 Å². The summed E-state index contributed by atoms with van der Waals surface area (Å²) in [7, 11) is 0. The lowest BCUT2D eigenvalue weighted by Crippen LogP contribution is -2.21. The summed E-state index contributed by atoms with van der Waals surface area (Å²) in [5, 5.41) is 2.74. The minimum absolute atomic E-state index is 0.0530. The highest BCUT2D eigenvalue weighted by atomic mass is 127. The Hall–Kier alpha value is -1.67. The highest BCUT2D eigenvalue weighted by molar-refractivity contribution is 14.1. The van der Waals surface area contributed by atoms with Crippen LogP contribution >= 0.6 is 34.2 Å². The first-order valence-corrected chi connectivity index (χ1v) is 8.05. The third-order valence-corrected chi connectivity index (χ3v) is 3.95. The second-order valence-electron chi connectivity index (χ2n) is 4.59. The Bertz CT molecular complexity index is 702. The molecule has 4 nitrogen and oxygen atoms in total. The number of carbonyl (C=O) groups excluding carboxylic acids is 2. The zero-order valence-electron chi connectivity index (χ0n) is 11.8. The van der Waals surface area contributed by atoms with Crippen molar-refractivity contribution in [3.63, 3.8) is 0 Å². The maximum Gasteiger partial charge on any atom is 0.310 e.